The van der Waals surface area contributed by atoms with E-state index in [1.807, 2.05) is 0 Å². The number of nitrogens with two attached hydrogens (primary N) is 1. The van der Waals surface area contributed by atoms with Crippen molar-refractivity contribution in [2.24, 2.45) is 5.92 Å². The molecule has 2 fully saturated rings. The maximum Gasteiger partial charge on any atom is 0.208 e. The average molecular weight is 373 g/mol. The van der Waals surface area contributed by atoms with E-state index in [1.54, 1.807) is 0 Å². The molecule has 5 N–H and O–H groups in total. The van der Waals surface area contributed by atoms with Gasteiger partial charge in [0.05, 0.1) is 12.9 Å². The largest absolute Gasteiger partial charge is 0.394 e. The predicted molar refractivity (Wildman–Crippen MR) is 96.2 cm³/mol. The van der Waals surface area contributed by atoms with Crippen molar-refractivity contribution < 1.29 is 20.1 Å². The van der Waals surface area contributed by atoms with Gasteiger partial charge in [-0.05, 0) is 18.3 Å². The van der Waals surface area contributed by atoms with Gasteiger partial charge in [0, 0.05) is 6.42 Å². The van der Waals surface area contributed by atoms with Crippen LogP contribution in [0, 0.1) is 17.8 Å². The molecule has 0 radical (unpaired) electrons. The smallest absolute Gasteiger partial charge is 0.208 e. The van der Waals surface area contributed by atoms with Crippen LogP contribution in [-0.2, 0) is 4.74 Å². The maximum absolute atomic E-state index is 10.2. The van der Waals surface area contributed by atoms with Crippen LogP contribution in [0.4, 0.5) is 5.82 Å². The molecule has 9 nitrogen and oxygen atoms in total. The third kappa shape index (κ3) is 3.37. The summed E-state index contributed by atoms with van der Waals surface area (Å²) in [5.41, 5.74) is 6.71. The zero-order chi connectivity index (χ0) is 19.0. The van der Waals surface area contributed by atoms with Crippen molar-refractivity contribution in [1.29, 1.82) is 0 Å². The highest BCUT2D eigenvalue weighted by Gasteiger charge is 2.44. The minimum absolute atomic E-state index is 0.189. The molecule has 9 heteroatoms. The molecule has 27 heavy (non-hydrogen) atoms. The molecular formula is C18H23N5O4. The fourth-order valence-electron chi connectivity index (χ4n) is 3.49. The first-order valence-corrected chi connectivity index (χ1v) is 9.20. The second-order valence-corrected chi connectivity index (χ2v) is 7.12. The van der Waals surface area contributed by atoms with E-state index in [2.05, 4.69) is 26.8 Å². The second-order valence-electron chi connectivity index (χ2n) is 7.12. The van der Waals surface area contributed by atoms with Crippen molar-refractivity contribution in [2.75, 3.05) is 12.3 Å². The summed E-state index contributed by atoms with van der Waals surface area (Å²) in [4.78, 5) is 12.8. The molecule has 2 unspecified atom stereocenters. The number of hydrogen-bond acceptors (Lipinski definition) is 8. The van der Waals surface area contributed by atoms with E-state index in [9.17, 15) is 15.3 Å². The molecule has 2 aliphatic rings. The van der Waals surface area contributed by atoms with Crippen LogP contribution in [0.25, 0.3) is 11.2 Å². The summed E-state index contributed by atoms with van der Waals surface area (Å²) in [6, 6.07) is 0. The Morgan fingerprint density at radius 3 is 2.74 bits per heavy atom. The first-order chi connectivity index (χ1) is 13.1. The Morgan fingerprint density at radius 2 is 2.07 bits per heavy atom. The summed E-state index contributed by atoms with van der Waals surface area (Å²) in [6.07, 6.45) is 2.95. The lowest BCUT2D eigenvalue weighted by molar-refractivity contribution is -0.0511. The summed E-state index contributed by atoms with van der Waals surface area (Å²) in [6.45, 7) is -0.407. The van der Waals surface area contributed by atoms with Gasteiger partial charge in [0.1, 0.15) is 23.8 Å². The molecule has 1 saturated heterocycles. The van der Waals surface area contributed by atoms with Crippen LogP contribution in [-0.4, -0.2) is 59.8 Å². The third-order valence-corrected chi connectivity index (χ3v) is 5.34. The van der Waals surface area contributed by atoms with Crippen LogP contribution in [0.1, 0.15) is 44.2 Å². The molecule has 2 aromatic rings. The fraction of sp³-hybridized carbons (Fsp3) is 0.611. The van der Waals surface area contributed by atoms with Crippen molar-refractivity contribution in [3.05, 3.63) is 12.2 Å². The first kappa shape index (κ1) is 18.1. The van der Waals surface area contributed by atoms with Crippen molar-refractivity contribution in [3.63, 3.8) is 0 Å². The van der Waals surface area contributed by atoms with E-state index in [4.69, 9.17) is 10.5 Å². The summed E-state index contributed by atoms with van der Waals surface area (Å²) < 4.78 is 7.03. The van der Waals surface area contributed by atoms with Crippen molar-refractivity contribution in [1.82, 2.24) is 19.5 Å². The van der Waals surface area contributed by atoms with Gasteiger partial charge in [-0.15, -0.1) is 0 Å². The molecule has 1 aliphatic carbocycles. The molecule has 3 heterocycles. The molecule has 1 saturated carbocycles. The Morgan fingerprint density at radius 1 is 1.26 bits per heavy atom. The van der Waals surface area contributed by atoms with Crippen molar-refractivity contribution >= 4 is 17.0 Å². The zero-order valence-electron chi connectivity index (χ0n) is 14.8. The van der Waals surface area contributed by atoms with Gasteiger partial charge in [0.2, 0.25) is 5.82 Å². The molecule has 0 aromatic carbocycles. The topological polar surface area (TPSA) is 140 Å². The van der Waals surface area contributed by atoms with Crippen LogP contribution in [0.3, 0.4) is 0 Å². The minimum Gasteiger partial charge on any atom is -0.394 e. The molecule has 4 atom stereocenters. The molecule has 0 bridgehead atoms. The number of imidazole rings is 1. The van der Waals surface area contributed by atoms with Crippen LogP contribution in [0.5, 0.6) is 0 Å². The molecule has 4 rings (SSSR count). The standard InChI is InChI=1S/C18H23N5O4/c19-16-13-17(22-12(21-16)7-2-1-4-10-5-3-6-10)23(9-20-13)18-15(26)14(25)11(8-24)27-18/h9-11,14-15,18,24-26H,1,3-6,8H2,(H2,19,21,22)/t11-,14?,15?,18-/m1/s1. The molecule has 0 amide bonds. The monoisotopic (exact) mass is 373 g/mol. The predicted octanol–water partition coefficient (Wildman–Crippen LogP) is -0.0482. The lowest BCUT2D eigenvalue weighted by atomic mass is 9.82. The Labute approximate surface area is 156 Å². The number of aliphatic hydroxyl groups is 3. The number of aromatic nitrogens is 4. The lowest BCUT2D eigenvalue weighted by Crippen LogP contribution is -2.33. The fourth-order valence-corrected chi connectivity index (χ4v) is 3.49. The Kier molecular flexibility index (Phi) is 4.97. The van der Waals surface area contributed by atoms with Crippen molar-refractivity contribution in [2.45, 2.75) is 56.6 Å². The highest BCUT2D eigenvalue weighted by molar-refractivity contribution is 5.82. The van der Waals surface area contributed by atoms with Gasteiger partial charge in [0.15, 0.2) is 17.7 Å². The molecule has 2 aromatic heterocycles. The van der Waals surface area contributed by atoms with Gasteiger partial charge in [-0.1, -0.05) is 25.2 Å². The third-order valence-electron chi connectivity index (χ3n) is 5.34. The number of ether oxygens (including phenoxy) is 1. The van der Waals surface area contributed by atoms with Gasteiger partial charge in [-0.25, -0.2) is 15.0 Å². The van der Waals surface area contributed by atoms with Crippen LogP contribution in [0.15, 0.2) is 6.33 Å². The zero-order valence-corrected chi connectivity index (χ0v) is 14.8. The van der Waals surface area contributed by atoms with Gasteiger partial charge < -0.3 is 25.8 Å². The van der Waals surface area contributed by atoms with Gasteiger partial charge in [0.25, 0.3) is 0 Å². The SMILES string of the molecule is Nc1nc(C#CCCC2CCC2)nc2c1ncn2[C@@H]1O[C@H](CO)C(O)C1O. The van der Waals surface area contributed by atoms with Crippen LogP contribution in [0.2, 0.25) is 0 Å². The minimum atomic E-state index is -1.23. The second kappa shape index (κ2) is 7.40. The molecular weight excluding hydrogens is 350 g/mol. The van der Waals surface area contributed by atoms with E-state index in [0.29, 0.717) is 11.2 Å². The summed E-state index contributed by atoms with van der Waals surface area (Å²) >= 11 is 0. The van der Waals surface area contributed by atoms with Crippen LogP contribution >= 0.6 is 0 Å². The van der Waals surface area contributed by atoms with Crippen LogP contribution < -0.4 is 5.73 Å². The van der Waals surface area contributed by atoms with E-state index in [1.165, 1.54) is 30.2 Å². The number of nitrogens with zero attached hydrogens (tertiary/aromatic N) is 4. The lowest BCUT2D eigenvalue weighted by Gasteiger charge is -2.23. The highest BCUT2D eigenvalue weighted by Crippen LogP contribution is 2.32. The maximum atomic E-state index is 10.2. The van der Waals surface area contributed by atoms with Gasteiger partial charge >= 0.3 is 0 Å². The van der Waals surface area contributed by atoms with Gasteiger partial charge in [-0.3, -0.25) is 4.57 Å². The number of rotatable bonds is 4. The van der Waals surface area contributed by atoms with E-state index >= 15 is 0 Å². The quantitative estimate of drug-likeness (QED) is 0.547. The summed E-state index contributed by atoms with van der Waals surface area (Å²) in [5, 5.41) is 29.5. The molecule has 1 aliphatic heterocycles. The average Bonchev–Trinajstić information content (AvgIpc) is 3.15. The number of hydrogen-bond donors (Lipinski definition) is 4. The summed E-state index contributed by atoms with van der Waals surface area (Å²) in [5.74, 6) is 7.30. The van der Waals surface area contributed by atoms with E-state index < -0.39 is 31.1 Å². The van der Waals surface area contributed by atoms with Gasteiger partial charge in [-0.2, -0.15) is 0 Å². The normalized spacial score (nSPS) is 28.1. The number of nitrogen functional groups attached to an aromatic ring is 1. The first-order valence-electron chi connectivity index (χ1n) is 9.20. The Balaban J connectivity index is 1.59. The van der Waals surface area contributed by atoms with E-state index in [0.717, 1.165) is 18.8 Å². The molecule has 144 valence electrons. The Bertz CT molecular complexity index is 885. The highest BCUT2D eigenvalue weighted by atomic mass is 16.6. The number of aliphatic hydroxyl groups excluding tert-OH is 3. The van der Waals surface area contributed by atoms with E-state index in [-0.39, 0.29) is 11.6 Å². The summed E-state index contributed by atoms with van der Waals surface area (Å²) in [7, 11) is 0. The Hall–Kier alpha value is -2.25. The number of fused-ring (bicyclic) bond motifs is 1. The molecule has 0 spiro atoms. The van der Waals surface area contributed by atoms with Crippen molar-refractivity contribution in [3.8, 4) is 11.8 Å². The number of anilines is 1.